The van der Waals surface area contributed by atoms with E-state index in [2.05, 4.69) is 43.2 Å². The van der Waals surface area contributed by atoms with Gasteiger partial charge in [0.05, 0.1) is 0 Å². The van der Waals surface area contributed by atoms with Crippen molar-refractivity contribution in [1.82, 2.24) is 20.4 Å². The fraction of sp³-hybridized carbons (Fsp3) is 0.750. The van der Waals surface area contributed by atoms with Gasteiger partial charge in [0.15, 0.2) is 0 Å². The van der Waals surface area contributed by atoms with Crippen LogP contribution in [0.25, 0.3) is 0 Å². The molecule has 0 radical (unpaired) electrons. The summed E-state index contributed by atoms with van der Waals surface area (Å²) in [7, 11) is 0. The van der Waals surface area contributed by atoms with Gasteiger partial charge in [-0.25, -0.2) is 0 Å². The van der Waals surface area contributed by atoms with E-state index >= 15 is 0 Å². The molecule has 2 atom stereocenters. The Balaban J connectivity index is 1.29. The molecule has 1 aromatic heterocycles. The standard InChI is InChI=1S/C20H30N4O2/c1-12(2)15-7-16(23-22-15)17(25)21-13-5-6-24(9-13)18(26)14-8-20(14)10-19(3,4)11-20/h7,12-14H,5-6,8-11H2,1-4H3,(H,21,25)(H,22,23). The number of carbonyl (C=O) groups excluding carboxylic acids is 2. The molecule has 3 aliphatic rings. The summed E-state index contributed by atoms with van der Waals surface area (Å²) in [5, 5.41) is 10.1. The zero-order chi connectivity index (χ0) is 18.7. The normalized spacial score (nSPS) is 28.3. The van der Waals surface area contributed by atoms with E-state index in [0.717, 1.165) is 25.1 Å². The second-order valence-corrected chi connectivity index (χ2v) is 9.74. The molecule has 0 bridgehead atoms. The number of hydrogen-bond acceptors (Lipinski definition) is 3. The molecular weight excluding hydrogens is 328 g/mol. The fourth-order valence-electron chi connectivity index (χ4n) is 5.25. The van der Waals surface area contributed by atoms with E-state index in [4.69, 9.17) is 0 Å². The van der Waals surface area contributed by atoms with Crippen LogP contribution in [-0.2, 0) is 4.79 Å². The van der Waals surface area contributed by atoms with Crippen LogP contribution in [0.3, 0.4) is 0 Å². The minimum Gasteiger partial charge on any atom is -0.346 e. The van der Waals surface area contributed by atoms with Crippen molar-refractivity contribution in [3.05, 3.63) is 17.5 Å². The lowest BCUT2D eigenvalue weighted by molar-refractivity contribution is -0.133. The van der Waals surface area contributed by atoms with E-state index in [0.29, 0.717) is 34.9 Å². The number of carbonyl (C=O) groups is 2. The monoisotopic (exact) mass is 358 g/mol. The van der Waals surface area contributed by atoms with E-state index < -0.39 is 0 Å². The summed E-state index contributed by atoms with van der Waals surface area (Å²) in [6.45, 7) is 10.1. The first-order valence-electron chi connectivity index (χ1n) is 9.84. The molecule has 26 heavy (non-hydrogen) atoms. The SMILES string of the molecule is CC(C)c1cc(C(=O)NC2CCN(C(=O)C3CC34CC(C)(C)C4)C2)n[nH]1. The van der Waals surface area contributed by atoms with Gasteiger partial charge in [0, 0.05) is 30.7 Å². The third kappa shape index (κ3) is 3.03. The number of amides is 2. The summed E-state index contributed by atoms with van der Waals surface area (Å²) in [6.07, 6.45) is 4.25. The number of likely N-dealkylation sites (tertiary alicyclic amines) is 1. The van der Waals surface area contributed by atoms with Crippen LogP contribution in [0.2, 0.25) is 0 Å². The van der Waals surface area contributed by atoms with Crippen molar-refractivity contribution < 1.29 is 9.59 Å². The van der Waals surface area contributed by atoms with Crippen LogP contribution >= 0.6 is 0 Å². The molecule has 2 amide bonds. The lowest BCUT2D eigenvalue weighted by atomic mass is 9.61. The highest BCUT2D eigenvalue weighted by Crippen LogP contribution is 2.72. The first-order chi connectivity index (χ1) is 12.2. The van der Waals surface area contributed by atoms with Crippen LogP contribution in [-0.4, -0.2) is 46.0 Å². The van der Waals surface area contributed by atoms with Gasteiger partial charge in [-0.05, 0) is 48.5 Å². The van der Waals surface area contributed by atoms with E-state index in [1.54, 1.807) is 0 Å². The molecule has 2 heterocycles. The highest BCUT2D eigenvalue weighted by Gasteiger charge is 2.67. The van der Waals surface area contributed by atoms with Crippen molar-refractivity contribution in [1.29, 1.82) is 0 Å². The molecular formula is C20H30N4O2. The fourth-order valence-corrected chi connectivity index (χ4v) is 5.25. The van der Waals surface area contributed by atoms with E-state index in [9.17, 15) is 9.59 Å². The maximum absolute atomic E-state index is 12.8. The van der Waals surface area contributed by atoms with Gasteiger partial charge in [0.25, 0.3) is 5.91 Å². The number of aromatic nitrogens is 2. The minimum absolute atomic E-state index is 0.0261. The number of aromatic amines is 1. The Hall–Kier alpha value is -1.85. The Kier molecular flexibility index (Phi) is 3.93. The zero-order valence-corrected chi connectivity index (χ0v) is 16.3. The first-order valence-corrected chi connectivity index (χ1v) is 9.84. The molecule has 6 heteroatoms. The molecule has 2 unspecified atom stereocenters. The van der Waals surface area contributed by atoms with Crippen LogP contribution in [0.5, 0.6) is 0 Å². The first kappa shape index (κ1) is 17.6. The summed E-state index contributed by atoms with van der Waals surface area (Å²) in [5.74, 6) is 0.686. The van der Waals surface area contributed by atoms with Gasteiger partial charge < -0.3 is 10.2 Å². The second-order valence-electron chi connectivity index (χ2n) is 9.74. The van der Waals surface area contributed by atoms with Crippen molar-refractivity contribution >= 4 is 11.8 Å². The molecule has 4 rings (SSSR count). The summed E-state index contributed by atoms with van der Waals surface area (Å²) < 4.78 is 0. The topological polar surface area (TPSA) is 78.1 Å². The Morgan fingerprint density at radius 2 is 2.08 bits per heavy atom. The largest absolute Gasteiger partial charge is 0.346 e. The smallest absolute Gasteiger partial charge is 0.272 e. The number of rotatable bonds is 4. The van der Waals surface area contributed by atoms with E-state index in [1.807, 2.05) is 11.0 Å². The van der Waals surface area contributed by atoms with Gasteiger partial charge >= 0.3 is 0 Å². The molecule has 142 valence electrons. The number of nitrogens with one attached hydrogen (secondary N) is 2. The third-order valence-electron chi connectivity index (χ3n) is 6.44. The van der Waals surface area contributed by atoms with E-state index in [1.165, 1.54) is 12.8 Å². The lowest BCUT2D eigenvalue weighted by Crippen LogP contribution is -2.41. The minimum atomic E-state index is -0.156. The highest BCUT2D eigenvalue weighted by atomic mass is 16.2. The van der Waals surface area contributed by atoms with Gasteiger partial charge in [0.1, 0.15) is 5.69 Å². The average Bonchev–Trinajstić information content (AvgIpc) is 2.94. The Labute approximate surface area is 155 Å². The summed E-state index contributed by atoms with van der Waals surface area (Å²) >= 11 is 0. The highest BCUT2D eigenvalue weighted by molar-refractivity contribution is 5.92. The van der Waals surface area contributed by atoms with Crippen LogP contribution in [0, 0.1) is 16.7 Å². The molecule has 1 spiro atoms. The van der Waals surface area contributed by atoms with Crippen molar-refractivity contribution in [2.45, 2.75) is 65.3 Å². The number of H-pyrrole nitrogens is 1. The number of hydrogen-bond donors (Lipinski definition) is 2. The quantitative estimate of drug-likeness (QED) is 0.869. The molecule has 6 nitrogen and oxygen atoms in total. The Bertz CT molecular complexity index is 728. The average molecular weight is 358 g/mol. The van der Waals surface area contributed by atoms with Crippen molar-refractivity contribution in [3.63, 3.8) is 0 Å². The molecule has 2 N–H and O–H groups in total. The summed E-state index contributed by atoms with van der Waals surface area (Å²) in [5.41, 5.74) is 2.11. The Morgan fingerprint density at radius 1 is 1.35 bits per heavy atom. The molecule has 3 fully saturated rings. The van der Waals surface area contributed by atoms with Gasteiger partial charge in [-0.3, -0.25) is 14.7 Å². The van der Waals surface area contributed by atoms with Crippen LogP contribution in [0.15, 0.2) is 6.07 Å². The van der Waals surface area contributed by atoms with Gasteiger partial charge in [-0.2, -0.15) is 5.10 Å². The lowest BCUT2D eigenvalue weighted by Gasteiger charge is -2.44. The summed E-state index contributed by atoms with van der Waals surface area (Å²) in [6, 6.07) is 1.84. The second kappa shape index (κ2) is 5.83. The van der Waals surface area contributed by atoms with Crippen molar-refractivity contribution in [2.24, 2.45) is 16.7 Å². The molecule has 1 saturated heterocycles. The molecule has 0 aromatic carbocycles. The maximum Gasteiger partial charge on any atom is 0.272 e. The third-order valence-corrected chi connectivity index (χ3v) is 6.44. The van der Waals surface area contributed by atoms with Gasteiger partial charge in [-0.15, -0.1) is 0 Å². The molecule has 1 aliphatic heterocycles. The predicted octanol–water partition coefficient (Wildman–Crippen LogP) is 2.69. The van der Waals surface area contributed by atoms with Crippen molar-refractivity contribution in [3.8, 4) is 0 Å². The molecule has 2 aliphatic carbocycles. The maximum atomic E-state index is 12.8. The predicted molar refractivity (Wildman–Crippen MR) is 98.7 cm³/mol. The van der Waals surface area contributed by atoms with E-state index in [-0.39, 0.29) is 17.9 Å². The Morgan fingerprint density at radius 3 is 2.69 bits per heavy atom. The van der Waals surface area contributed by atoms with Gasteiger partial charge in [-0.1, -0.05) is 27.7 Å². The molecule has 1 aromatic rings. The van der Waals surface area contributed by atoms with Crippen LogP contribution < -0.4 is 5.32 Å². The van der Waals surface area contributed by atoms with Crippen LogP contribution in [0.4, 0.5) is 0 Å². The van der Waals surface area contributed by atoms with Crippen LogP contribution in [0.1, 0.15) is 75.5 Å². The van der Waals surface area contributed by atoms with Crippen molar-refractivity contribution in [2.75, 3.05) is 13.1 Å². The molecule has 2 saturated carbocycles. The summed E-state index contributed by atoms with van der Waals surface area (Å²) in [4.78, 5) is 27.2. The zero-order valence-electron chi connectivity index (χ0n) is 16.3. The van der Waals surface area contributed by atoms with Gasteiger partial charge in [0.2, 0.25) is 5.91 Å². The number of nitrogens with zero attached hydrogens (tertiary/aromatic N) is 2.